The number of carbonyl (C=O) groups is 1. The topological polar surface area (TPSA) is 64.9 Å². The zero-order valence-corrected chi connectivity index (χ0v) is 6.36. The van der Waals surface area contributed by atoms with Gasteiger partial charge in [-0.05, 0) is 20.8 Å². The molecule has 0 aromatic rings. The Morgan fingerprint density at radius 1 is 1.50 bits per heavy atom. The Morgan fingerprint density at radius 2 is 2.00 bits per heavy atom. The number of nitrogens with zero attached hydrogens (tertiary/aromatic N) is 1. The maximum atomic E-state index is 10.6. The molecular formula is C6H11N3O. The van der Waals surface area contributed by atoms with Gasteiger partial charge in [0.15, 0.2) is 6.19 Å². The minimum atomic E-state index is -0.463. The Balaban J connectivity index is 3.72. The fraction of sp³-hybridized carbons (Fsp3) is 0.667. The Labute approximate surface area is 60.2 Å². The first-order valence-electron chi connectivity index (χ1n) is 2.93. The van der Waals surface area contributed by atoms with E-state index in [0.29, 0.717) is 0 Å². The fourth-order valence-electron chi connectivity index (χ4n) is 0.423. The van der Waals surface area contributed by atoms with E-state index >= 15 is 0 Å². The van der Waals surface area contributed by atoms with Gasteiger partial charge < -0.3 is 5.32 Å². The van der Waals surface area contributed by atoms with Crippen LogP contribution in [-0.2, 0) is 0 Å². The van der Waals surface area contributed by atoms with Gasteiger partial charge >= 0.3 is 6.03 Å². The number of urea groups is 1. The van der Waals surface area contributed by atoms with Gasteiger partial charge in [0.25, 0.3) is 0 Å². The molecule has 4 nitrogen and oxygen atoms in total. The number of carbonyl (C=O) groups excluding carboxylic acids is 1. The van der Waals surface area contributed by atoms with E-state index in [0.717, 1.165) is 0 Å². The molecule has 0 atom stereocenters. The SMILES string of the molecule is CC(C)(C)NC(=O)NC#N. The predicted octanol–water partition coefficient (Wildman–Crippen LogP) is 0.565. The molecule has 0 bridgehead atoms. The van der Waals surface area contributed by atoms with E-state index in [1.807, 2.05) is 26.1 Å². The van der Waals surface area contributed by atoms with Gasteiger partial charge in [-0.1, -0.05) is 0 Å². The molecule has 4 heteroatoms. The number of nitrogens with one attached hydrogen (secondary N) is 2. The van der Waals surface area contributed by atoms with Crippen LogP contribution in [0.15, 0.2) is 0 Å². The van der Waals surface area contributed by atoms with Crippen molar-refractivity contribution < 1.29 is 4.79 Å². The Morgan fingerprint density at radius 3 is 2.30 bits per heavy atom. The van der Waals surface area contributed by atoms with Crippen molar-refractivity contribution in [1.29, 1.82) is 5.26 Å². The van der Waals surface area contributed by atoms with E-state index in [4.69, 9.17) is 5.26 Å². The number of hydrogen-bond acceptors (Lipinski definition) is 2. The van der Waals surface area contributed by atoms with Crippen molar-refractivity contribution in [3.05, 3.63) is 0 Å². The highest BCUT2D eigenvalue weighted by Crippen LogP contribution is 1.96. The van der Waals surface area contributed by atoms with Gasteiger partial charge in [0.2, 0.25) is 0 Å². The zero-order valence-electron chi connectivity index (χ0n) is 6.36. The largest absolute Gasteiger partial charge is 0.333 e. The summed E-state index contributed by atoms with van der Waals surface area (Å²) < 4.78 is 0. The van der Waals surface area contributed by atoms with Crippen LogP contribution in [0, 0.1) is 11.5 Å². The summed E-state index contributed by atoms with van der Waals surface area (Å²) in [5.41, 5.74) is -0.291. The highest BCUT2D eigenvalue weighted by Gasteiger charge is 2.12. The number of amides is 2. The number of rotatable bonds is 0. The molecule has 0 aromatic heterocycles. The van der Waals surface area contributed by atoms with Crippen LogP contribution in [0.25, 0.3) is 0 Å². The van der Waals surface area contributed by atoms with Crippen LogP contribution >= 0.6 is 0 Å². The first kappa shape index (κ1) is 8.76. The molecule has 2 amide bonds. The molecule has 0 radical (unpaired) electrons. The average Bonchev–Trinajstić information content (AvgIpc) is 1.59. The van der Waals surface area contributed by atoms with Crippen LogP contribution in [0.1, 0.15) is 20.8 Å². The molecule has 0 aliphatic carbocycles. The van der Waals surface area contributed by atoms with Crippen LogP contribution in [-0.4, -0.2) is 11.6 Å². The summed E-state index contributed by atoms with van der Waals surface area (Å²) in [5.74, 6) is 0. The second-order valence-electron chi connectivity index (χ2n) is 2.94. The number of nitriles is 1. The monoisotopic (exact) mass is 141 g/mol. The lowest BCUT2D eigenvalue weighted by atomic mass is 10.1. The maximum Gasteiger partial charge on any atom is 0.328 e. The van der Waals surface area contributed by atoms with Gasteiger partial charge in [-0.25, -0.2) is 10.1 Å². The molecule has 0 heterocycles. The molecule has 0 spiro atoms. The minimum Gasteiger partial charge on any atom is -0.333 e. The van der Waals surface area contributed by atoms with Gasteiger partial charge in [0.05, 0.1) is 0 Å². The third-order valence-corrected chi connectivity index (χ3v) is 0.658. The second kappa shape index (κ2) is 3.06. The molecule has 0 aliphatic rings. The van der Waals surface area contributed by atoms with Crippen molar-refractivity contribution in [2.24, 2.45) is 0 Å². The van der Waals surface area contributed by atoms with Crippen molar-refractivity contribution >= 4 is 6.03 Å². The molecule has 56 valence electrons. The van der Waals surface area contributed by atoms with Crippen molar-refractivity contribution in [2.75, 3.05) is 0 Å². The summed E-state index contributed by atoms with van der Waals surface area (Å²) >= 11 is 0. The lowest BCUT2D eigenvalue weighted by molar-refractivity contribution is 0.236. The Kier molecular flexibility index (Phi) is 2.68. The highest BCUT2D eigenvalue weighted by atomic mass is 16.2. The van der Waals surface area contributed by atoms with Gasteiger partial charge in [0, 0.05) is 5.54 Å². The third kappa shape index (κ3) is 4.91. The van der Waals surface area contributed by atoms with Crippen LogP contribution in [0.3, 0.4) is 0 Å². The molecule has 0 saturated heterocycles. The van der Waals surface area contributed by atoms with Crippen LogP contribution in [0.2, 0.25) is 0 Å². The van der Waals surface area contributed by atoms with Gasteiger partial charge in [-0.2, -0.15) is 5.26 Å². The summed E-state index contributed by atoms with van der Waals surface area (Å²) in [6.07, 6.45) is 1.53. The van der Waals surface area contributed by atoms with Crippen molar-refractivity contribution in [1.82, 2.24) is 10.6 Å². The van der Waals surface area contributed by atoms with E-state index in [1.165, 1.54) is 6.19 Å². The maximum absolute atomic E-state index is 10.6. The van der Waals surface area contributed by atoms with Gasteiger partial charge in [-0.3, -0.25) is 0 Å². The first-order valence-corrected chi connectivity index (χ1v) is 2.93. The molecule has 0 rings (SSSR count). The molecule has 0 saturated carbocycles. The zero-order chi connectivity index (χ0) is 8.20. The number of hydrogen-bond donors (Lipinski definition) is 2. The highest BCUT2D eigenvalue weighted by molar-refractivity contribution is 5.76. The lowest BCUT2D eigenvalue weighted by Crippen LogP contribution is -2.44. The van der Waals surface area contributed by atoms with Crippen LogP contribution in [0.4, 0.5) is 4.79 Å². The lowest BCUT2D eigenvalue weighted by Gasteiger charge is -2.18. The smallest absolute Gasteiger partial charge is 0.328 e. The van der Waals surface area contributed by atoms with Crippen molar-refractivity contribution in [3.63, 3.8) is 0 Å². The van der Waals surface area contributed by atoms with E-state index in [1.54, 1.807) is 0 Å². The van der Waals surface area contributed by atoms with Gasteiger partial charge in [-0.15, -0.1) is 0 Å². The molecule has 0 aliphatic heterocycles. The van der Waals surface area contributed by atoms with Crippen molar-refractivity contribution in [3.8, 4) is 6.19 Å². The molecule has 10 heavy (non-hydrogen) atoms. The summed E-state index contributed by atoms with van der Waals surface area (Å²) in [5, 5.41) is 12.5. The molecule has 0 unspecified atom stereocenters. The van der Waals surface area contributed by atoms with Crippen LogP contribution < -0.4 is 10.6 Å². The Bertz CT molecular complexity index is 163. The summed E-state index contributed by atoms with van der Waals surface area (Å²) in [6, 6.07) is -0.463. The summed E-state index contributed by atoms with van der Waals surface area (Å²) in [4.78, 5) is 10.6. The normalized spacial score (nSPS) is 9.80. The second-order valence-corrected chi connectivity index (χ2v) is 2.94. The van der Waals surface area contributed by atoms with E-state index in [9.17, 15) is 4.79 Å². The van der Waals surface area contributed by atoms with E-state index in [2.05, 4.69) is 5.32 Å². The molecule has 0 fully saturated rings. The summed E-state index contributed by atoms with van der Waals surface area (Å²) in [7, 11) is 0. The summed E-state index contributed by atoms with van der Waals surface area (Å²) in [6.45, 7) is 5.51. The van der Waals surface area contributed by atoms with E-state index in [-0.39, 0.29) is 5.54 Å². The van der Waals surface area contributed by atoms with Gasteiger partial charge in [0.1, 0.15) is 0 Å². The standard InChI is InChI=1S/C6H11N3O/c1-6(2,3)9-5(10)8-4-7/h1-3H3,(H2,8,9,10). The van der Waals surface area contributed by atoms with E-state index < -0.39 is 6.03 Å². The van der Waals surface area contributed by atoms with Crippen molar-refractivity contribution in [2.45, 2.75) is 26.3 Å². The fourth-order valence-corrected chi connectivity index (χ4v) is 0.423. The molecular weight excluding hydrogens is 130 g/mol. The molecule has 2 N–H and O–H groups in total. The predicted molar refractivity (Wildman–Crippen MR) is 37.0 cm³/mol. The quantitative estimate of drug-likeness (QED) is 0.382. The third-order valence-electron chi connectivity index (χ3n) is 0.658. The first-order chi connectivity index (χ1) is 4.45. The van der Waals surface area contributed by atoms with Crippen LogP contribution in [0.5, 0.6) is 0 Å². The molecule has 0 aromatic carbocycles. The average molecular weight is 141 g/mol. The minimum absolute atomic E-state index is 0.291. The Hall–Kier alpha value is -1.24.